The van der Waals surface area contributed by atoms with Crippen molar-refractivity contribution in [3.63, 3.8) is 0 Å². The van der Waals surface area contributed by atoms with Gasteiger partial charge in [-0.1, -0.05) is 0 Å². The number of rotatable bonds is 2. The Bertz CT molecular complexity index is 536. The smallest absolute Gasteiger partial charge is 0.132 e. The maximum absolute atomic E-state index is 9.56. The van der Waals surface area contributed by atoms with Crippen molar-refractivity contribution < 1.29 is 5.11 Å². The van der Waals surface area contributed by atoms with E-state index in [2.05, 4.69) is 15.0 Å². The highest BCUT2D eigenvalue weighted by Gasteiger charge is 2.22. The van der Waals surface area contributed by atoms with Crippen LogP contribution in [0.4, 0.5) is 0 Å². The van der Waals surface area contributed by atoms with Crippen molar-refractivity contribution in [1.82, 2.24) is 15.0 Å². The van der Waals surface area contributed by atoms with Crippen LogP contribution in [-0.2, 0) is 0 Å². The molecule has 0 amide bonds. The minimum absolute atomic E-state index is 0.141. The first-order chi connectivity index (χ1) is 9.33. The maximum atomic E-state index is 9.56. The van der Waals surface area contributed by atoms with Gasteiger partial charge in [0.1, 0.15) is 5.82 Å². The van der Waals surface area contributed by atoms with E-state index in [1.54, 1.807) is 6.20 Å². The van der Waals surface area contributed by atoms with Gasteiger partial charge in [0, 0.05) is 30.1 Å². The topological polar surface area (TPSA) is 58.9 Å². The summed E-state index contributed by atoms with van der Waals surface area (Å²) >= 11 is 0. The second-order valence-electron chi connectivity index (χ2n) is 5.05. The van der Waals surface area contributed by atoms with Crippen molar-refractivity contribution in [2.45, 2.75) is 37.7 Å². The van der Waals surface area contributed by atoms with Gasteiger partial charge in [-0.05, 0) is 43.9 Å². The van der Waals surface area contributed by atoms with Crippen LogP contribution in [-0.4, -0.2) is 26.2 Å². The standard InChI is InChI=1S/C15H17N3O/c19-13-5-3-11(4-6-13)15-17-9-7-14(18-15)12-2-1-8-16-10-12/h1-2,7-11,13,19H,3-6H2. The number of aliphatic hydroxyl groups is 1. The molecule has 2 aromatic rings. The third-order valence-corrected chi connectivity index (χ3v) is 3.69. The van der Waals surface area contributed by atoms with E-state index < -0.39 is 0 Å². The Morgan fingerprint density at radius 2 is 1.89 bits per heavy atom. The first kappa shape index (κ1) is 12.2. The van der Waals surface area contributed by atoms with Crippen LogP contribution < -0.4 is 0 Å². The van der Waals surface area contributed by atoms with Crippen LogP contribution in [0.3, 0.4) is 0 Å². The third-order valence-electron chi connectivity index (χ3n) is 3.69. The first-order valence-electron chi connectivity index (χ1n) is 6.74. The van der Waals surface area contributed by atoms with Gasteiger partial charge in [0.2, 0.25) is 0 Å². The van der Waals surface area contributed by atoms with Crippen LogP contribution in [0.25, 0.3) is 11.3 Å². The average molecular weight is 255 g/mol. The van der Waals surface area contributed by atoms with E-state index in [0.29, 0.717) is 5.92 Å². The predicted octanol–water partition coefficient (Wildman–Crippen LogP) is 2.56. The molecule has 0 saturated heterocycles. The molecule has 19 heavy (non-hydrogen) atoms. The second kappa shape index (κ2) is 5.45. The lowest BCUT2D eigenvalue weighted by atomic mass is 9.87. The largest absolute Gasteiger partial charge is 0.393 e. The van der Waals surface area contributed by atoms with E-state index in [1.807, 2.05) is 30.6 Å². The Hall–Kier alpha value is -1.81. The minimum Gasteiger partial charge on any atom is -0.393 e. The number of hydrogen-bond acceptors (Lipinski definition) is 4. The van der Waals surface area contributed by atoms with Gasteiger partial charge in [0.15, 0.2) is 0 Å². The molecule has 2 aromatic heterocycles. The molecule has 98 valence electrons. The summed E-state index contributed by atoms with van der Waals surface area (Å²) in [6.07, 6.45) is 8.89. The van der Waals surface area contributed by atoms with Gasteiger partial charge >= 0.3 is 0 Å². The fourth-order valence-electron chi connectivity index (χ4n) is 2.58. The number of aliphatic hydroxyl groups excluding tert-OH is 1. The third kappa shape index (κ3) is 2.79. The highest BCUT2D eigenvalue weighted by atomic mass is 16.3. The quantitative estimate of drug-likeness (QED) is 0.896. The summed E-state index contributed by atoms with van der Waals surface area (Å²) < 4.78 is 0. The van der Waals surface area contributed by atoms with Crippen LogP contribution in [0, 0.1) is 0 Å². The number of aromatic nitrogens is 3. The highest BCUT2D eigenvalue weighted by Crippen LogP contribution is 2.31. The summed E-state index contributed by atoms with van der Waals surface area (Å²) in [5.41, 5.74) is 1.94. The molecule has 0 spiro atoms. The molecule has 1 aliphatic carbocycles. The van der Waals surface area contributed by atoms with E-state index in [1.165, 1.54) is 0 Å². The van der Waals surface area contributed by atoms with Crippen molar-refractivity contribution in [3.8, 4) is 11.3 Å². The Labute approximate surface area is 112 Å². The second-order valence-corrected chi connectivity index (χ2v) is 5.05. The molecule has 0 radical (unpaired) electrons. The normalized spacial score (nSPS) is 23.2. The van der Waals surface area contributed by atoms with Crippen LogP contribution in [0.1, 0.15) is 37.4 Å². The van der Waals surface area contributed by atoms with Gasteiger partial charge < -0.3 is 5.11 Å². The molecule has 0 aromatic carbocycles. The molecule has 0 atom stereocenters. The van der Waals surface area contributed by atoms with E-state index in [4.69, 9.17) is 0 Å². The van der Waals surface area contributed by atoms with Gasteiger partial charge in [-0.2, -0.15) is 0 Å². The van der Waals surface area contributed by atoms with E-state index in [-0.39, 0.29) is 6.10 Å². The van der Waals surface area contributed by atoms with Gasteiger partial charge in [-0.15, -0.1) is 0 Å². The number of nitrogens with zero attached hydrogens (tertiary/aromatic N) is 3. The first-order valence-corrected chi connectivity index (χ1v) is 6.74. The summed E-state index contributed by atoms with van der Waals surface area (Å²) in [5.74, 6) is 1.27. The van der Waals surface area contributed by atoms with Crippen LogP contribution in [0.15, 0.2) is 36.8 Å². The molecule has 1 fully saturated rings. The molecule has 0 unspecified atom stereocenters. The average Bonchev–Trinajstić information content (AvgIpc) is 2.49. The monoisotopic (exact) mass is 255 g/mol. The number of pyridine rings is 1. The highest BCUT2D eigenvalue weighted by molar-refractivity contribution is 5.56. The van der Waals surface area contributed by atoms with E-state index >= 15 is 0 Å². The van der Waals surface area contributed by atoms with Crippen molar-refractivity contribution in [2.24, 2.45) is 0 Å². The molecule has 4 nitrogen and oxygen atoms in total. The molecule has 2 heterocycles. The van der Waals surface area contributed by atoms with Gasteiger partial charge in [-0.25, -0.2) is 9.97 Å². The van der Waals surface area contributed by atoms with Crippen molar-refractivity contribution in [2.75, 3.05) is 0 Å². The summed E-state index contributed by atoms with van der Waals surface area (Å²) in [7, 11) is 0. The maximum Gasteiger partial charge on any atom is 0.132 e. The fourth-order valence-corrected chi connectivity index (χ4v) is 2.58. The van der Waals surface area contributed by atoms with Crippen molar-refractivity contribution in [1.29, 1.82) is 0 Å². The zero-order valence-electron chi connectivity index (χ0n) is 10.7. The SMILES string of the molecule is OC1CCC(c2nccc(-c3cccnc3)n2)CC1. The lowest BCUT2D eigenvalue weighted by molar-refractivity contribution is 0.121. The Balaban J connectivity index is 1.84. The van der Waals surface area contributed by atoms with Crippen molar-refractivity contribution >= 4 is 0 Å². The number of hydrogen-bond donors (Lipinski definition) is 1. The van der Waals surface area contributed by atoms with Gasteiger partial charge in [0.25, 0.3) is 0 Å². The zero-order valence-corrected chi connectivity index (χ0v) is 10.7. The molecule has 0 bridgehead atoms. The molecule has 1 aliphatic rings. The van der Waals surface area contributed by atoms with Gasteiger partial charge in [-0.3, -0.25) is 4.98 Å². The Morgan fingerprint density at radius 1 is 1.05 bits per heavy atom. The minimum atomic E-state index is -0.141. The molecule has 1 saturated carbocycles. The molecule has 0 aliphatic heterocycles. The van der Waals surface area contributed by atoms with Crippen LogP contribution in [0.2, 0.25) is 0 Å². The summed E-state index contributed by atoms with van der Waals surface area (Å²) in [4.78, 5) is 13.2. The van der Waals surface area contributed by atoms with Crippen LogP contribution >= 0.6 is 0 Å². The van der Waals surface area contributed by atoms with Crippen molar-refractivity contribution in [3.05, 3.63) is 42.6 Å². The van der Waals surface area contributed by atoms with Crippen LogP contribution in [0.5, 0.6) is 0 Å². The summed E-state index contributed by atoms with van der Waals surface area (Å²) in [6.45, 7) is 0. The Morgan fingerprint density at radius 3 is 2.63 bits per heavy atom. The lowest BCUT2D eigenvalue weighted by Crippen LogP contribution is -2.18. The zero-order chi connectivity index (χ0) is 13.1. The molecular weight excluding hydrogens is 238 g/mol. The molecular formula is C15H17N3O. The molecule has 4 heteroatoms. The Kier molecular flexibility index (Phi) is 3.51. The van der Waals surface area contributed by atoms with Gasteiger partial charge in [0.05, 0.1) is 11.8 Å². The summed E-state index contributed by atoms with van der Waals surface area (Å²) in [5, 5.41) is 9.56. The fraction of sp³-hybridized carbons (Fsp3) is 0.400. The van der Waals surface area contributed by atoms with E-state index in [0.717, 1.165) is 42.8 Å². The van der Waals surface area contributed by atoms with E-state index in [9.17, 15) is 5.11 Å². The molecule has 3 rings (SSSR count). The molecule has 1 N–H and O–H groups in total. The lowest BCUT2D eigenvalue weighted by Gasteiger charge is -2.24. The predicted molar refractivity (Wildman–Crippen MR) is 72.5 cm³/mol. The summed E-state index contributed by atoms with van der Waals surface area (Å²) in [6, 6.07) is 5.83.